The number of methoxy groups -OCH3 is 1. The number of rotatable bonds is 5. The molecule has 1 aromatic carbocycles. The number of halogens is 1. The average Bonchev–Trinajstić information content (AvgIpc) is 2.27. The van der Waals surface area contributed by atoms with Crippen LogP contribution >= 0.6 is 15.9 Å². The van der Waals surface area contributed by atoms with Gasteiger partial charge in [-0.15, -0.1) is 0 Å². The molecular weight excluding hydrogens is 282 g/mol. The minimum Gasteiger partial charge on any atom is -0.384 e. The van der Waals surface area contributed by atoms with Gasteiger partial charge in [-0.05, 0) is 35.0 Å². The molecule has 1 rings (SSSR count). The van der Waals surface area contributed by atoms with Gasteiger partial charge in [0.15, 0.2) is 0 Å². The lowest BCUT2D eigenvalue weighted by Crippen LogP contribution is -2.34. The summed E-state index contributed by atoms with van der Waals surface area (Å²) in [5.74, 6) is 0.0592. The van der Waals surface area contributed by atoms with Crippen molar-refractivity contribution in [2.24, 2.45) is 5.73 Å². The number of hydrogen-bond donors (Lipinski definition) is 2. The van der Waals surface area contributed by atoms with Crippen molar-refractivity contribution in [2.75, 3.05) is 25.7 Å². The van der Waals surface area contributed by atoms with Crippen LogP contribution in [0, 0.1) is 5.41 Å². The molecule has 0 aliphatic carbocycles. The highest BCUT2D eigenvalue weighted by atomic mass is 79.9. The van der Waals surface area contributed by atoms with E-state index < -0.39 is 0 Å². The Balaban J connectivity index is 3.13. The molecule has 17 heavy (non-hydrogen) atoms. The number of anilines is 1. The third-order valence-electron chi connectivity index (χ3n) is 2.71. The summed E-state index contributed by atoms with van der Waals surface area (Å²) < 4.78 is 5.97. The lowest BCUT2D eigenvalue weighted by Gasteiger charge is -2.28. The van der Waals surface area contributed by atoms with Crippen LogP contribution < -0.4 is 10.6 Å². The quantitative estimate of drug-likeness (QED) is 0.647. The molecule has 0 saturated heterocycles. The van der Waals surface area contributed by atoms with Gasteiger partial charge in [0, 0.05) is 30.4 Å². The predicted octanol–water partition coefficient (Wildman–Crippen LogP) is 2.20. The van der Waals surface area contributed by atoms with Crippen molar-refractivity contribution in [3.63, 3.8) is 0 Å². The van der Waals surface area contributed by atoms with Crippen LogP contribution in [0.25, 0.3) is 0 Å². The second-order valence-corrected chi connectivity index (χ2v) is 4.82. The first-order valence-corrected chi connectivity index (χ1v) is 6.13. The molecule has 0 radical (unpaired) electrons. The maximum absolute atomic E-state index is 7.64. The smallest absolute Gasteiger partial charge is 0.126 e. The van der Waals surface area contributed by atoms with Gasteiger partial charge in [0.2, 0.25) is 0 Å². The van der Waals surface area contributed by atoms with Crippen LogP contribution in [0.15, 0.2) is 22.7 Å². The van der Waals surface area contributed by atoms with E-state index in [0.29, 0.717) is 6.61 Å². The van der Waals surface area contributed by atoms with E-state index in [1.807, 2.05) is 25.2 Å². The van der Waals surface area contributed by atoms with Crippen molar-refractivity contribution < 1.29 is 4.74 Å². The standard InChI is InChI=1S/C12H18BrN3O/c1-8(7-17-3)16(2)10-6-4-5-9(13)11(10)12(14)15/h4-6,8H,7H2,1-3H3,(H3,14,15). The molecule has 0 aliphatic rings. The molecule has 94 valence electrons. The van der Waals surface area contributed by atoms with Gasteiger partial charge >= 0.3 is 0 Å². The normalized spacial score (nSPS) is 12.2. The third-order valence-corrected chi connectivity index (χ3v) is 3.37. The Kier molecular flexibility index (Phi) is 4.96. The number of ether oxygens (including phenoxy) is 1. The average molecular weight is 300 g/mol. The van der Waals surface area contributed by atoms with E-state index in [4.69, 9.17) is 15.9 Å². The van der Waals surface area contributed by atoms with Crippen LogP contribution in [0.5, 0.6) is 0 Å². The fraction of sp³-hybridized carbons (Fsp3) is 0.417. The summed E-state index contributed by atoms with van der Waals surface area (Å²) in [6, 6.07) is 5.98. The second-order valence-electron chi connectivity index (χ2n) is 3.96. The fourth-order valence-corrected chi connectivity index (χ4v) is 2.23. The zero-order valence-electron chi connectivity index (χ0n) is 10.3. The first-order chi connectivity index (χ1) is 7.99. The van der Waals surface area contributed by atoms with E-state index in [2.05, 4.69) is 27.8 Å². The van der Waals surface area contributed by atoms with Gasteiger partial charge in [0.25, 0.3) is 0 Å². The summed E-state index contributed by atoms with van der Waals surface area (Å²) in [7, 11) is 3.65. The lowest BCUT2D eigenvalue weighted by molar-refractivity contribution is 0.183. The minimum atomic E-state index is 0.0592. The molecule has 1 unspecified atom stereocenters. The first-order valence-electron chi connectivity index (χ1n) is 5.33. The summed E-state index contributed by atoms with van der Waals surface area (Å²) >= 11 is 3.43. The Labute approximate surface area is 110 Å². The minimum absolute atomic E-state index is 0.0592. The molecule has 1 atom stereocenters. The van der Waals surface area contributed by atoms with Gasteiger partial charge in [-0.3, -0.25) is 5.41 Å². The molecule has 0 bridgehead atoms. The van der Waals surface area contributed by atoms with E-state index in [-0.39, 0.29) is 11.9 Å². The van der Waals surface area contributed by atoms with Crippen molar-refractivity contribution in [3.8, 4) is 0 Å². The molecule has 4 nitrogen and oxygen atoms in total. The number of likely N-dealkylation sites (N-methyl/N-ethyl adjacent to an activating group) is 1. The number of nitrogens with two attached hydrogens (primary N) is 1. The van der Waals surface area contributed by atoms with E-state index in [1.54, 1.807) is 7.11 Å². The van der Waals surface area contributed by atoms with Crippen molar-refractivity contribution in [1.82, 2.24) is 0 Å². The van der Waals surface area contributed by atoms with E-state index in [1.165, 1.54) is 0 Å². The number of nitrogen functional groups attached to an aromatic ring is 1. The van der Waals surface area contributed by atoms with Crippen molar-refractivity contribution >= 4 is 27.5 Å². The van der Waals surface area contributed by atoms with Crippen LogP contribution in [0.2, 0.25) is 0 Å². The van der Waals surface area contributed by atoms with Gasteiger partial charge in [-0.25, -0.2) is 0 Å². The van der Waals surface area contributed by atoms with Gasteiger partial charge in [-0.1, -0.05) is 6.07 Å². The first kappa shape index (κ1) is 14.0. The molecular formula is C12H18BrN3O. The molecule has 0 aromatic heterocycles. The highest BCUT2D eigenvalue weighted by Gasteiger charge is 2.16. The van der Waals surface area contributed by atoms with Crippen LogP contribution in [-0.4, -0.2) is 32.6 Å². The summed E-state index contributed by atoms with van der Waals surface area (Å²) in [5, 5.41) is 7.64. The molecule has 0 saturated carbocycles. The summed E-state index contributed by atoms with van der Waals surface area (Å²) in [4.78, 5) is 2.06. The van der Waals surface area contributed by atoms with Gasteiger partial charge in [-0.2, -0.15) is 0 Å². The molecule has 0 aliphatic heterocycles. The van der Waals surface area contributed by atoms with Crippen LogP contribution in [0.3, 0.4) is 0 Å². The number of amidine groups is 1. The second kappa shape index (κ2) is 6.02. The van der Waals surface area contributed by atoms with Crippen molar-refractivity contribution in [3.05, 3.63) is 28.2 Å². The maximum atomic E-state index is 7.64. The Morgan fingerprint density at radius 1 is 1.59 bits per heavy atom. The summed E-state index contributed by atoms with van der Waals surface area (Å²) in [5.41, 5.74) is 7.27. The summed E-state index contributed by atoms with van der Waals surface area (Å²) in [6.45, 7) is 2.69. The molecule has 0 spiro atoms. The fourth-order valence-electron chi connectivity index (χ4n) is 1.66. The van der Waals surface area contributed by atoms with E-state index in [0.717, 1.165) is 15.7 Å². The predicted molar refractivity (Wildman–Crippen MR) is 74.9 cm³/mol. The van der Waals surface area contributed by atoms with Crippen LogP contribution in [0.1, 0.15) is 12.5 Å². The molecule has 1 aromatic rings. The Hall–Kier alpha value is -1.07. The Morgan fingerprint density at radius 3 is 2.76 bits per heavy atom. The molecule has 5 heteroatoms. The molecule has 0 heterocycles. The van der Waals surface area contributed by atoms with Crippen LogP contribution in [-0.2, 0) is 4.74 Å². The lowest BCUT2D eigenvalue weighted by atomic mass is 10.1. The largest absolute Gasteiger partial charge is 0.384 e. The number of hydrogen-bond acceptors (Lipinski definition) is 3. The molecule has 0 amide bonds. The molecule has 3 N–H and O–H groups in total. The van der Waals surface area contributed by atoms with Gasteiger partial charge < -0.3 is 15.4 Å². The van der Waals surface area contributed by atoms with E-state index >= 15 is 0 Å². The number of nitrogens with one attached hydrogen (secondary N) is 1. The van der Waals surface area contributed by atoms with Crippen LogP contribution in [0.4, 0.5) is 5.69 Å². The van der Waals surface area contributed by atoms with Crippen molar-refractivity contribution in [2.45, 2.75) is 13.0 Å². The number of benzene rings is 1. The highest BCUT2D eigenvalue weighted by molar-refractivity contribution is 9.10. The number of nitrogens with zero attached hydrogens (tertiary/aromatic N) is 1. The topological polar surface area (TPSA) is 62.3 Å². The van der Waals surface area contributed by atoms with Gasteiger partial charge in [0.05, 0.1) is 12.2 Å². The van der Waals surface area contributed by atoms with Crippen molar-refractivity contribution in [1.29, 1.82) is 5.41 Å². The summed E-state index contributed by atoms with van der Waals surface area (Å²) in [6.07, 6.45) is 0. The maximum Gasteiger partial charge on any atom is 0.126 e. The van der Waals surface area contributed by atoms with E-state index in [9.17, 15) is 0 Å². The Bertz CT molecular complexity index is 409. The monoisotopic (exact) mass is 299 g/mol. The third kappa shape index (κ3) is 3.20. The SMILES string of the molecule is COCC(C)N(C)c1cccc(Br)c1C(=N)N. The zero-order chi connectivity index (χ0) is 13.0. The van der Waals surface area contributed by atoms with Gasteiger partial charge in [0.1, 0.15) is 5.84 Å². The zero-order valence-corrected chi connectivity index (χ0v) is 11.9. The Morgan fingerprint density at radius 2 is 2.24 bits per heavy atom. The molecule has 0 fully saturated rings. The highest BCUT2D eigenvalue weighted by Crippen LogP contribution is 2.27.